The molecule has 0 unspecified atom stereocenters. The number of hydrogen-bond donors (Lipinski definition) is 2. The summed E-state index contributed by atoms with van der Waals surface area (Å²) in [5.41, 5.74) is 7.66. The number of amides is 1. The molecule has 0 saturated carbocycles. The number of methoxy groups -OCH3 is 2. The zero-order valence-corrected chi connectivity index (χ0v) is 18.9. The van der Waals surface area contributed by atoms with Gasteiger partial charge < -0.3 is 25.4 Å². The lowest BCUT2D eigenvalue weighted by Crippen LogP contribution is -2.48. The molecule has 0 radical (unpaired) electrons. The quantitative estimate of drug-likeness (QED) is 0.608. The molecule has 1 aliphatic rings. The van der Waals surface area contributed by atoms with Gasteiger partial charge in [-0.1, -0.05) is 12.2 Å². The fraction of sp³-hybridized carbons (Fsp3) is 0.500. The number of rotatable bonds is 8. The lowest BCUT2D eigenvalue weighted by molar-refractivity contribution is -0.121. The molecule has 2 rings (SSSR count). The lowest BCUT2D eigenvalue weighted by Gasteiger charge is -2.30. The summed E-state index contributed by atoms with van der Waals surface area (Å²) in [6.07, 6.45) is 3.21. The Morgan fingerprint density at radius 1 is 1.30 bits per heavy atom. The molecular weight excluding hydrogens is 402 g/mol. The van der Waals surface area contributed by atoms with E-state index in [-0.39, 0.29) is 18.2 Å². The molecule has 1 aliphatic heterocycles. The minimum absolute atomic E-state index is 0.000171. The van der Waals surface area contributed by atoms with Gasteiger partial charge in [-0.3, -0.25) is 9.59 Å². The van der Waals surface area contributed by atoms with Crippen LogP contribution in [0.3, 0.4) is 0 Å². The average molecular weight is 434 g/mol. The van der Waals surface area contributed by atoms with Gasteiger partial charge in [0, 0.05) is 37.3 Å². The molecule has 1 aromatic rings. The Bertz CT molecular complexity index is 830. The van der Waals surface area contributed by atoms with Gasteiger partial charge in [0.15, 0.2) is 5.78 Å². The van der Waals surface area contributed by atoms with E-state index in [1.165, 1.54) is 0 Å². The van der Waals surface area contributed by atoms with Crippen LogP contribution in [-0.4, -0.2) is 54.4 Å². The van der Waals surface area contributed by atoms with E-state index in [0.717, 1.165) is 11.1 Å². The van der Waals surface area contributed by atoms with Gasteiger partial charge in [-0.15, -0.1) is 0 Å². The molecule has 1 aromatic carbocycles. The second-order valence-corrected chi connectivity index (χ2v) is 8.52. The number of allylic oxidation sites excluding steroid dienone is 1. The van der Waals surface area contributed by atoms with Crippen LogP contribution in [0, 0.1) is 0 Å². The number of ether oxygens (including phenoxy) is 2. The highest BCUT2D eigenvalue weighted by Crippen LogP contribution is 2.30. The van der Waals surface area contributed by atoms with Crippen LogP contribution in [0.4, 0.5) is 0 Å². The molecule has 0 fully saturated rings. The number of hydrogen-bond acceptors (Lipinski definition) is 6. The van der Waals surface area contributed by atoms with Crippen LogP contribution in [0.25, 0.3) is 5.70 Å². The molecular formula is C22H31N3O4S. The van der Waals surface area contributed by atoms with Crippen LogP contribution in [0.1, 0.15) is 44.2 Å². The van der Waals surface area contributed by atoms with Crippen LogP contribution >= 0.6 is 12.2 Å². The van der Waals surface area contributed by atoms with Crippen molar-refractivity contribution in [2.45, 2.75) is 45.3 Å². The number of nitrogens with one attached hydrogen (secondary N) is 1. The average Bonchev–Trinajstić information content (AvgIpc) is 2.68. The molecule has 30 heavy (non-hydrogen) atoms. The van der Waals surface area contributed by atoms with Crippen molar-refractivity contribution in [2.24, 2.45) is 5.73 Å². The first kappa shape index (κ1) is 24.0. The first-order valence-corrected chi connectivity index (χ1v) is 10.3. The molecule has 0 atom stereocenters. The highest BCUT2D eigenvalue weighted by molar-refractivity contribution is 7.80. The summed E-state index contributed by atoms with van der Waals surface area (Å²) >= 11 is 5.64. The van der Waals surface area contributed by atoms with Crippen LogP contribution in [0.2, 0.25) is 0 Å². The highest BCUT2D eigenvalue weighted by atomic mass is 32.1. The molecule has 0 saturated heterocycles. The molecule has 0 bridgehead atoms. The maximum atomic E-state index is 12.6. The van der Waals surface area contributed by atoms with E-state index in [1.54, 1.807) is 25.2 Å². The van der Waals surface area contributed by atoms with Gasteiger partial charge in [0.2, 0.25) is 5.91 Å². The third kappa shape index (κ3) is 6.90. The van der Waals surface area contributed by atoms with Crippen LogP contribution < -0.4 is 15.8 Å². The summed E-state index contributed by atoms with van der Waals surface area (Å²) in [5, 5.41) is 2.85. The van der Waals surface area contributed by atoms with E-state index in [9.17, 15) is 9.59 Å². The van der Waals surface area contributed by atoms with Crippen molar-refractivity contribution in [3.05, 3.63) is 35.4 Å². The lowest BCUT2D eigenvalue weighted by atomic mass is 9.99. The molecule has 1 amide bonds. The first-order chi connectivity index (χ1) is 14.1. The Morgan fingerprint density at radius 2 is 2.03 bits per heavy atom. The molecule has 1 heterocycles. The highest BCUT2D eigenvalue weighted by Gasteiger charge is 2.25. The summed E-state index contributed by atoms with van der Waals surface area (Å²) in [5.74, 6) is 0.470. The third-order valence-corrected chi connectivity index (χ3v) is 5.06. The summed E-state index contributed by atoms with van der Waals surface area (Å²) in [6.45, 7) is 4.35. The second kappa shape index (κ2) is 10.7. The van der Waals surface area contributed by atoms with Gasteiger partial charge >= 0.3 is 0 Å². The van der Waals surface area contributed by atoms with Gasteiger partial charge in [-0.2, -0.15) is 0 Å². The fourth-order valence-corrected chi connectivity index (χ4v) is 3.44. The zero-order valence-electron chi connectivity index (χ0n) is 18.1. The van der Waals surface area contributed by atoms with Crippen molar-refractivity contribution in [3.8, 4) is 5.75 Å². The van der Waals surface area contributed by atoms with Crippen LogP contribution in [-0.2, 0) is 20.9 Å². The topological polar surface area (TPSA) is 93.9 Å². The Hall–Kier alpha value is -2.29. The molecule has 0 aliphatic carbocycles. The Balaban J connectivity index is 2.45. The maximum Gasteiger partial charge on any atom is 0.240 e. The Labute approximate surface area is 183 Å². The Morgan fingerprint density at radius 3 is 2.67 bits per heavy atom. The zero-order chi connectivity index (χ0) is 22.3. The largest absolute Gasteiger partial charge is 0.497 e. The number of ketones is 1. The van der Waals surface area contributed by atoms with Crippen LogP contribution in [0.5, 0.6) is 5.75 Å². The molecule has 0 spiro atoms. The van der Waals surface area contributed by atoms with Gasteiger partial charge in [0.25, 0.3) is 0 Å². The number of carbonyl (C=O) groups excluding carboxylic acids is 2. The van der Waals surface area contributed by atoms with Crippen molar-refractivity contribution in [3.63, 3.8) is 0 Å². The van der Waals surface area contributed by atoms with E-state index in [4.69, 9.17) is 27.4 Å². The third-order valence-electron chi connectivity index (χ3n) is 4.63. The number of nitrogens with zero attached hydrogens (tertiary/aromatic N) is 1. The van der Waals surface area contributed by atoms with Gasteiger partial charge in [0.05, 0.1) is 24.4 Å². The van der Waals surface area contributed by atoms with Crippen molar-refractivity contribution in [1.29, 1.82) is 0 Å². The van der Waals surface area contributed by atoms with E-state index in [1.807, 2.05) is 32.0 Å². The maximum absolute atomic E-state index is 12.6. The molecule has 7 nitrogen and oxygen atoms in total. The number of nitrogens with two attached hydrogens (primary N) is 1. The fourth-order valence-electron chi connectivity index (χ4n) is 3.13. The van der Waals surface area contributed by atoms with E-state index in [2.05, 4.69) is 5.32 Å². The number of benzene rings is 1. The van der Waals surface area contributed by atoms with Gasteiger partial charge in [-0.25, -0.2) is 0 Å². The second-order valence-electron chi connectivity index (χ2n) is 8.05. The summed E-state index contributed by atoms with van der Waals surface area (Å²) in [4.78, 5) is 27.5. The van der Waals surface area contributed by atoms with E-state index >= 15 is 0 Å². The molecule has 164 valence electrons. The van der Waals surface area contributed by atoms with E-state index in [0.29, 0.717) is 48.8 Å². The summed E-state index contributed by atoms with van der Waals surface area (Å²) in [6, 6.07) is 5.54. The Kier molecular flexibility index (Phi) is 8.52. The minimum Gasteiger partial charge on any atom is -0.497 e. The first-order valence-electron chi connectivity index (χ1n) is 9.91. The standard InChI is InChI=1S/C22H31N3O4S/c1-22(2,23)14-24-20(27)12-25-19(11-16(26)6-5-7-21(25)30)18-9-8-17(29-4)10-15(18)13-28-3/h8-11H,5-7,12-14,23H2,1-4H3,(H,24,27)/b19-11-. The summed E-state index contributed by atoms with van der Waals surface area (Å²) < 4.78 is 10.7. The monoisotopic (exact) mass is 433 g/mol. The van der Waals surface area contributed by atoms with Crippen molar-refractivity contribution >= 4 is 34.6 Å². The predicted octanol–water partition coefficient (Wildman–Crippen LogP) is 2.42. The smallest absolute Gasteiger partial charge is 0.240 e. The minimum atomic E-state index is -0.525. The normalized spacial score (nSPS) is 17.1. The van der Waals surface area contributed by atoms with Crippen LogP contribution in [0.15, 0.2) is 24.3 Å². The predicted molar refractivity (Wildman–Crippen MR) is 121 cm³/mol. The van der Waals surface area contributed by atoms with E-state index < -0.39 is 5.54 Å². The van der Waals surface area contributed by atoms with Crippen molar-refractivity contribution < 1.29 is 19.1 Å². The molecule has 8 heteroatoms. The van der Waals surface area contributed by atoms with Gasteiger partial charge in [-0.05, 0) is 50.5 Å². The van der Waals surface area contributed by atoms with Gasteiger partial charge in [0.1, 0.15) is 12.3 Å². The number of thiocarbonyl (C=S) groups is 1. The number of carbonyl (C=O) groups is 2. The van der Waals surface area contributed by atoms with Crippen molar-refractivity contribution in [1.82, 2.24) is 10.2 Å². The molecule has 3 N–H and O–H groups in total. The SMILES string of the molecule is COCc1cc(OC)ccc1/C1=C/C(=O)CCCC(=S)N1CC(=O)NCC(C)(C)N. The summed E-state index contributed by atoms with van der Waals surface area (Å²) in [7, 11) is 3.19. The van der Waals surface area contributed by atoms with Crippen molar-refractivity contribution in [2.75, 3.05) is 27.3 Å². The molecule has 0 aromatic heterocycles.